The molecule has 1 aliphatic heterocycles. The number of rotatable bonds is 3. The summed E-state index contributed by atoms with van der Waals surface area (Å²) in [5, 5.41) is 6.37. The Hall–Kier alpha value is -2.20. The second-order valence-electron chi connectivity index (χ2n) is 5.42. The number of pyridine rings is 1. The number of aromatic nitrogens is 1. The third-order valence-corrected chi connectivity index (χ3v) is 3.96. The first-order chi connectivity index (χ1) is 10.2. The minimum Gasteiger partial charge on any atom is -0.348 e. The molecule has 3 rings (SSSR count). The molecular weight excluding hydrogens is 262 g/mol. The maximum absolute atomic E-state index is 12.4. The molecule has 0 fully saturated rings. The summed E-state index contributed by atoms with van der Waals surface area (Å²) < 4.78 is 0. The highest BCUT2D eigenvalue weighted by Crippen LogP contribution is 2.17. The Balaban J connectivity index is 1.65. The minimum absolute atomic E-state index is 0.0144. The summed E-state index contributed by atoms with van der Waals surface area (Å²) in [5.41, 5.74) is 3.60. The number of nitrogens with one attached hydrogen (secondary N) is 2. The largest absolute Gasteiger partial charge is 0.348 e. The van der Waals surface area contributed by atoms with Crippen molar-refractivity contribution in [2.24, 2.45) is 0 Å². The van der Waals surface area contributed by atoms with Gasteiger partial charge in [0.15, 0.2) is 0 Å². The third kappa shape index (κ3) is 3.11. The Labute approximate surface area is 124 Å². The van der Waals surface area contributed by atoms with Crippen molar-refractivity contribution in [1.29, 1.82) is 0 Å². The van der Waals surface area contributed by atoms with E-state index in [1.807, 2.05) is 31.2 Å². The average Bonchev–Trinajstić information content (AvgIpc) is 2.55. The fourth-order valence-electron chi connectivity index (χ4n) is 2.69. The molecule has 0 radical (unpaired) electrons. The van der Waals surface area contributed by atoms with Gasteiger partial charge in [-0.05, 0) is 42.2 Å². The van der Waals surface area contributed by atoms with Gasteiger partial charge in [0.2, 0.25) is 5.91 Å². The zero-order valence-electron chi connectivity index (χ0n) is 12.0. The van der Waals surface area contributed by atoms with Crippen LogP contribution in [0.3, 0.4) is 0 Å². The van der Waals surface area contributed by atoms with E-state index in [1.54, 1.807) is 12.4 Å². The minimum atomic E-state index is -0.163. The Morgan fingerprint density at radius 3 is 2.71 bits per heavy atom. The molecule has 0 saturated carbocycles. The summed E-state index contributed by atoms with van der Waals surface area (Å²) in [7, 11) is 0. The van der Waals surface area contributed by atoms with Crippen LogP contribution in [0.4, 0.5) is 0 Å². The van der Waals surface area contributed by atoms with Crippen LogP contribution < -0.4 is 10.6 Å². The van der Waals surface area contributed by atoms with Crippen LogP contribution in [-0.2, 0) is 17.8 Å². The molecule has 0 aliphatic carbocycles. The molecule has 4 nitrogen and oxygen atoms in total. The molecule has 1 unspecified atom stereocenters. The maximum Gasteiger partial charge on any atom is 0.237 e. The number of nitrogens with zero attached hydrogens (tertiary/aromatic N) is 1. The molecule has 1 aromatic carbocycles. The first kappa shape index (κ1) is 13.8. The Morgan fingerprint density at radius 2 is 1.95 bits per heavy atom. The summed E-state index contributed by atoms with van der Waals surface area (Å²) in [6.07, 6.45) is 4.23. The van der Waals surface area contributed by atoms with E-state index in [0.717, 1.165) is 18.5 Å². The third-order valence-electron chi connectivity index (χ3n) is 3.96. The van der Waals surface area contributed by atoms with Gasteiger partial charge >= 0.3 is 0 Å². The van der Waals surface area contributed by atoms with E-state index in [4.69, 9.17) is 0 Å². The van der Waals surface area contributed by atoms with Gasteiger partial charge in [-0.2, -0.15) is 0 Å². The summed E-state index contributed by atoms with van der Waals surface area (Å²) in [4.78, 5) is 16.4. The number of hydrogen-bond acceptors (Lipinski definition) is 3. The van der Waals surface area contributed by atoms with Crippen molar-refractivity contribution in [1.82, 2.24) is 15.6 Å². The predicted octanol–water partition coefficient (Wildman–Crippen LogP) is 1.97. The van der Waals surface area contributed by atoms with Gasteiger partial charge in [0.25, 0.3) is 0 Å². The highest BCUT2D eigenvalue weighted by Gasteiger charge is 2.24. The van der Waals surface area contributed by atoms with E-state index in [1.165, 1.54) is 11.1 Å². The van der Waals surface area contributed by atoms with Crippen LogP contribution in [0, 0.1) is 0 Å². The fourth-order valence-corrected chi connectivity index (χ4v) is 2.69. The van der Waals surface area contributed by atoms with Crippen LogP contribution in [0.1, 0.15) is 29.7 Å². The first-order valence-electron chi connectivity index (χ1n) is 7.24. The van der Waals surface area contributed by atoms with Crippen LogP contribution >= 0.6 is 0 Å². The van der Waals surface area contributed by atoms with E-state index in [2.05, 4.69) is 27.8 Å². The Morgan fingerprint density at radius 1 is 1.24 bits per heavy atom. The summed E-state index contributed by atoms with van der Waals surface area (Å²) >= 11 is 0. The van der Waals surface area contributed by atoms with Gasteiger partial charge in [0, 0.05) is 18.9 Å². The summed E-state index contributed by atoms with van der Waals surface area (Å²) in [5.74, 6) is 0.0498. The highest BCUT2D eigenvalue weighted by atomic mass is 16.2. The van der Waals surface area contributed by atoms with Gasteiger partial charge < -0.3 is 10.6 Å². The van der Waals surface area contributed by atoms with Gasteiger partial charge in [-0.15, -0.1) is 0 Å². The lowest BCUT2D eigenvalue weighted by molar-refractivity contribution is -0.124. The molecule has 2 N–H and O–H groups in total. The van der Waals surface area contributed by atoms with Gasteiger partial charge in [-0.3, -0.25) is 9.78 Å². The van der Waals surface area contributed by atoms with Crippen molar-refractivity contribution >= 4 is 5.91 Å². The van der Waals surface area contributed by atoms with E-state index in [9.17, 15) is 4.79 Å². The second-order valence-corrected chi connectivity index (χ2v) is 5.42. The van der Waals surface area contributed by atoms with Gasteiger partial charge in [0.05, 0.1) is 12.1 Å². The predicted molar refractivity (Wildman–Crippen MR) is 81.6 cm³/mol. The first-order valence-corrected chi connectivity index (χ1v) is 7.24. The molecule has 2 heterocycles. The van der Waals surface area contributed by atoms with Gasteiger partial charge in [0.1, 0.15) is 0 Å². The number of benzene rings is 1. The second kappa shape index (κ2) is 6.06. The monoisotopic (exact) mass is 281 g/mol. The van der Waals surface area contributed by atoms with Gasteiger partial charge in [-0.1, -0.05) is 24.3 Å². The fraction of sp³-hybridized carbons (Fsp3) is 0.294. The number of amides is 1. The quantitative estimate of drug-likeness (QED) is 0.904. The van der Waals surface area contributed by atoms with Crippen molar-refractivity contribution in [3.8, 4) is 0 Å². The molecule has 0 bridgehead atoms. The topological polar surface area (TPSA) is 54.0 Å². The summed E-state index contributed by atoms with van der Waals surface area (Å²) in [6, 6.07) is 11.9. The molecule has 1 amide bonds. The summed E-state index contributed by atoms with van der Waals surface area (Å²) in [6.45, 7) is 2.74. The molecule has 1 aromatic heterocycles. The van der Waals surface area contributed by atoms with Crippen LogP contribution in [-0.4, -0.2) is 16.9 Å². The van der Waals surface area contributed by atoms with Crippen molar-refractivity contribution in [3.63, 3.8) is 0 Å². The number of fused-ring (bicyclic) bond motifs is 1. The number of carbonyl (C=O) groups is 1. The zero-order chi connectivity index (χ0) is 14.7. The molecular formula is C17H19N3O. The maximum atomic E-state index is 12.4. The van der Waals surface area contributed by atoms with Crippen molar-refractivity contribution < 1.29 is 4.79 Å². The van der Waals surface area contributed by atoms with Crippen LogP contribution in [0.15, 0.2) is 48.8 Å². The SMILES string of the molecule is CC(NC(=O)[C@H]1Cc2ccccc2CN1)c1ccncc1. The van der Waals surface area contributed by atoms with Crippen molar-refractivity contribution in [2.45, 2.75) is 32.0 Å². The Kier molecular flexibility index (Phi) is 3.97. The molecule has 0 saturated heterocycles. The molecule has 2 atom stereocenters. The Bertz CT molecular complexity index is 627. The molecule has 0 spiro atoms. The highest BCUT2D eigenvalue weighted by molar-refractivity contribution is 5.82. The molecule has 108 valence electrons. The number of hydrogen-bond donors (Lipinski definition) is 2. The molecule has 21 heavy (non-hydrogen) atoms. The standard InChI is InChI=1S/C17H19N3O/c1-12(13-6-8-18-9-7-13)20-17(21)16-10-14-4-2-3-5-15(14)11-19-16/h2-9,12,16,19H,10-11H2,1H3,(H,20,21)/t12?,16-/m1/s1. The van der Waals surface area contributed by atoms with E-state index in [-0.39, 0.29) is 18.0 Å². The van der Waals surface area contributed by atoms with Crippen LogP contribution in [0.25, 0.3) is 0 Å². The average molecular weight is 281 g/mol. The van der Waals surface area contributed by atoms with E-state index < -0.39 is 0 Å². The van der Waals surface area contributed by atoms with Crippen LogP contribution in [0.5, 0.6) is 0 Å². The van der Waals surface area contributed by atoms with Gasteiger partial charge in [-0.25, -0.2) is 0 Å². The van der Waals surface area contributed by atoms with Crippen molar-refractivity contribution in [3.05, 3.63) is 65.5 Å². The lowest BCUT2D eigenvalue weighted by Crippen LogP contribution is -2.48. The smallest absolute Gasteiger partial charge is 0.237 e. The normalized spacial score (nSPS) is 18.6. The number of carbonyl (C=O) groups excluding carboxylic acids is 1. The molecule has 1 aliphatic rings. The van der Waals surface area contributed by atoms with E-state index >= 15 is 0 Å². The van der Waals surface area contributed by atoms with E-state index in [0.29, 0.717) is 0 Å². The lowest BCUT2D eigenvalue weighted by atomic mass is 9.95. The van der Waals surface area contributed by atoms with Crippen LogP contribution in [0.2, 0.25) is 0 Å². The van der Waals surface area contributed by atoms with Crippen molar-refractivity contribution in [2.75, 3.05) is 0 Å². The lowest BCUT2D eigenvalue weighted by Gasteiger charge is -2.26. The molecule has 4 heteroatoms. The zero-order valence-corrected chi connectivity index (χ0v) is 12.0. The molecule has 2 aromatic rings.